The summed E-state index contributed by atoms with van der Waals surface area (Å²) in [5.74, 6) is 1.27. The van der Waals surface area contributed by atoms with Gasteiger partial charge in [0.05, 0.1) is 10.6 Å². The van der Waals surface area contributed by atoms with Gasteiger partial charge in [-0.3, -0.25) is 9.78 Å². The second-order valence-corrected chi connectivity index (χ2v) is 7.26. The van der Waals surface area contributed by atoms with Crippen LogP contribution in [0, 0.1) is 5.92 Å². The van der Waals surface area contributed by atoms with Crippen LogP contribution in [0.5, 0.6) is 5.75 Å². The number of nitrogens with zero attached hydrogens (tertiary/aromatic N) is 2. The van der Waals surface area contributed by atoms with Gasteiger partial charge < -0.3 is 9.64 Å². The van der Waals surface area contributed by atoms with E-state index >= 15 is 0 Å². The summed E-state index contributed by atoms with van der Waals surface area (Å²) >= 11 is 12.0. The molecule has 1 amide bonds. The molecule has 0 aliphatic carbocycles. The molecule has 1 aromatic carbocycles. The topological polar surface area (TPSA) is 42.4 Å². The molecule has 25 heavy (non-hydrogen) atoms. The maximum atomic E-state index is 12.6. The molecule has 132 valence electrons. The Balaban J connectivity index is 1.66. The molecule has 3 rings (SSSR count). The van der Waals surface area contributed by atoms with Crippen LogP contribution in [-0.4, -0.2) is 28.9 Å². The van der Waals surface area contributed by atoms with Crippen molar-refractivity contribution < 1.29 is 9.53 Å². The summed E-state index contributed by atoms with van der Waals surface area (Å²) in [6, 6.07) is 6.91. The molecule has 4 nitrogen and oxygen atoms in total. The highest BCUT2D eigenvalue weighted by Gasteiger charge is 2.21. The van der Waals surface area contributed by atoms with Crippen molar-refractivity contribution in [2.45, 2.75) is 26.4 Å². The summed E-state index contributed by atoms with van der Waals surface area (Å²) in [6.07, 6.45) is 5.41. The Labute approximate surface area is 157 Å². The van der Waals surface area contributed by atoms with Crippen LogP contribution in [0.25, 0.3) is 0 Å². The number of ether oxygens (including phenoxy) is 1. The fraction of sp³-hybridized carbons (Fsp3) is 0.368. The van der Waals surface area contributed by atoms with Crippen molar-refractivity contribution in [3.05, 3.63) is 57.8 Å². The zero-order valence-electron chi connectivity index (χ0n) is 14.0. The monoisotopic (exact) mass is 378 g/mol. The molecule has 0 atom stereocenters. The predicted octanol–water partition coefficient (Wildman–Crippen LogP) is 4.84. The molecule has 0 radical (unpaired) electrons. The van der Waals surface area contributed by atoms with Crippen LogP contribution in [0.3, 0.4) is 0 Å². The molecule has 0 N–H and O–H groups in total. The Morgan fingerprint density at radius 2 is 2.00 bits per heavy atom. The zero-order chi connectivity index (χ0) is 17.8. The normalized spacial score (nSPS) is 15.2. The average Bonchev–Trinajstić information content (AvgIpc) is 2.61. The number of aromatic nitrogens is 1. The first-order valence-corrected chi connectivity index (χ1v) is 9.09. The van der Waals surface area contributed by atoms with E-state index in [0.29, 0.717) is 27.3 Å². The van der Waals surface area contributed by atoms with E-state index in [1.165, 1.54) is 0 Å². The van der Waals surface area contributed by atoms with Gasteiger partial charge in [-0.2, -0.15) is 0 Å². The van der Waals surface area contributed by atoms with Crippen LogP contribution in [0.15, 0.2) is 36.7 Å². The highest BCUT2D eigenvalue weighted by atomic mass is 35.5. The lowest BCUT2D eigenvalue weighted by Crippen LogP contribution is -2.38. The minimum atomic E-state index is 0.0331. The maximum absolute atomic E-state index is 12.6. The van der Waals surface area contributed by atoms with Gasteiger partial charge in [0.1, 0.15) is 12.4 Å². The molecule has 2 heterocycles. The van der Waals surface area contributed by atoms with Crippen LogP contribution < -0.4 is 4.74 Å². The first-order chi connectivity index (χ1) is 12.0. The summed E-state index contributed by atoms with van der Waals surface area (Å²) in [6.45, 7) is 4.12. The number of carbonyl (C=O) groups is 1. The van der Waals surface area contributed by atoms with Crippen molar-refractivity contribution in [3.8, 4) is 5.75 Å². The fourth-order valence-electron chi connectivity index (χ4n) is 2.83. The number of benzene rings is 1. The smallest absolute Gasteiger partial charge is 0.255 e. The third kappa shape index (κ3) is 4.65. The number of piperidine rings is 1. The highest BCUT2D eigenvalue weighted by Crippen LogP contribution is 2.28. The molecule has 0 spiro atoms. The van der Waals surface area contributed by atoms with Crippen molar-refractivity contribution in [2.75, 3.05) is 13.1 Å². The van der Waals surface area contributed by atoms with Crippen molar-refractivity contribution in [1.82, 2.24) is 9.88 Å². The molecule has 1 saturated heterocycles. The first-order valence-electron chi connectivity index (χ1n) is 8.34. The van der Waals surface area contributed by atoms with E-state index in [1.54, 1.807) is 30.6 Å². The minimum absolute atomic E-state index is 0.0331. The lowest BCUT2D eigenvalue weighted by molar-refractivity contribution is 0.0696. The second kappa shape index (κ2) is 8.07. The van der Waals surface area contributed by atoms with Crippen molar-refractivity contribution >= 4 is 29.1 Å². The quantitative estimate of drug-likeness (QED) is 0.764. The van der Waals surface area contributed by atoms with Crippen molar-refractivity contribution in [2.24, 2.45) is 5.92 Å². The Hall–Kier alpha value is -1.78. The van der Waals surface area contributed by atoms with Crippen LogP contribution in [-0.2, 0) is 6.61 Å². The molecule has 1 aromatic heterocycles. The standard InChI is InChI=1S/C19H20Cl2N2O2/c1-13-4-6-23(7-5-13)19(24)15-8-14(10-22-11-15)12-25-18-3-2-16(20)9-17(18)21/h2-3,8-11,13H,4-7,12H2,1H3. The van der Waals surface area contributed by atoms with E-state index in [2.05, 4.69) is 11.9 Å². The maximum Gasteiger partial charge on any atom is 0.255 e. The molecule has 1 aliphatic heterocycles. The summed E-state index contributed by atoms with van der Waals surface area (Å²) < 4.78 is 5.72. The molecule has 2 aromatic rings. The second-order valence-electron chi connectivity index (χ2n) is 6.42. The van der Waals surface area contributed by atoms with E-state index in [0.717, 1.165) is 31.5 Å². The van der Waals surface area contributed by atoms with Crippen molar-refractivity contribution in [1.29, 1.82) is 0 Å². The number of hydrogen-bond acceptors (Lipinski definition) is 3. The Bertz CT molecular complexity index is 759. The van der Waals surface area contributed by atoms with Gasteiger partial charge in [-0.15, -0.1) is 0 Å². The summed E-state index contributed by atoms with van der Waals surface area (Å²) in [5.41, 5.74) is 1.42. The molecule has 0 bridgehead atoms. The van der Waals surface area contributed by atoms with Gasteiger partial charge in [-0.05, 0) is 43.0 Å². The molecule has 0 saturated carbocycles. The molecule has 1 fully saturated rings. The van der Waals surface area contributed by atoms with Crippen LogP contribution >= 0.6 is 23.2 Å². The SMILES string of the molecule is CC1CCN(C(=O)c2cncc(COc3ccc(Cl)cc3Cl)c2)CC1. The van der Waals surface area contributed by atoms with Crippen molar-refractivity contribution in [3.63, 3.8) is 0 Å². The number of amides is 1. The van der Waals surface area contributed by atoms with Crippen LogP contribution in [0.1, 0.15) is 35.7 Å². The third-order valence-corrected chi connectivity index (χ3v) is 4.93. The number of pyridine rings is 1. The number of halogens is 2. The van der Waals surface area contributed by atoms with Gasteiger partial charge >= 0.3 is 0 Å². The van der Waals surface area contributed by atoms with E-state index in [9.17, 15) is 4.79 Å². The lowest BCUT2D eigenvalue weighted by atomic mass is 9.99. The largest absolute Gasteiger partial charge is 0.487 e. The van der Waals surface area contributed by atoms with Gasteiger partial charge in [-0.25, -0.2) is 0 Å². The van der Waals surface area contributed by atoms with Gasteiger partial charge in [0.2, 0.25) is 0 Å². The Kier molecular flexibility index (Phi) is 5.82. The molecule has 1 aliphatic rings. The highest BCUT2D eigenvalue weighted by molar-refractivity contribution is 6.35. The van der Waals surface area contributed by atoms with Gasteiger partial charge in [0.15, 0.2) is 0 Å². The molecule has 0 unspecified atom stereocenters. The number of rotatable bonds is 4. The number of likely N-dealkylation sites (tertiary alicyclic amines) is 1. The number of hydrogen-bond donors (Lipinski definition) is 0. The Morgan fingerprint density at radius 1 is 1.24 bits per heavy atom. The lowest BCUT2D eigenvalue weighted by Gasteiger charge is -2.30. The van der Waals surface area contributed by atoms with Gasteiger partial charge in [-0.1, -0.05) is 30.1 Å². The molecule has 6 heteroatoms. The van der Waals surface area contributed by atoms with E-state index in [-0.39, 0.29) is 12.5 Å². The van der Waals surface area contributed by atoms with Crippen LogP contribution in [0.2, 0.25) is 10.0 Å². The summed E-state index contributed by atoms with van der Waals surface area (Å²) in [4.78, 5) is 18.7. The number of carbonyl (C=O) groups excluding carboxylic acids is 1. The van der Waals surface area contributed by atoms with Crippen LogP contribution in [0.4, 0.5) is 0 Å². The molecular weight excluding hydrogens is 359 g/mol. The van der Waals surface area contributed by atoms with Gasteiger partial charge in [0, 0.05) is 36.1 Å². The average molecular weight is 379 g/mol. The Morgan fingerprint density at radius 3 is 2.72 bits per heavy atom. The fourth-order valence-corrected chi connectivity index (χ4v) is 3.29. The van der Waals surface area contributed by atoms with Gasteiger partial charge in [0.25, 0.3) is 5.91 Å². The molecular formula is C19H20Cl2N2O2. The minimum Gasteiger partial charge on any atom is -0.487 e. The summed E-state index contributed by atoms with van der Waals surface area (Å²) in [5, 5.41) is 1.01. The first kappa shape index (κ1) is 18.0. The predicted molar refractivity (Wildman–Crippen MR) is 99.3 cm³/mol. The van der Waals surface area contributed by atoms with E-state index < -0.39 is 0 Å². The summed E-state index contributed by atoms with van der Waals surface area (Å²) in [7, 11) is 0. The zero-order valence-corrected chi connectivity index (χ0v) is 15.6. The van der Waals surface area contributed by atoms with E-state index in [4.69, 9.17) is 27.9 Å². The van der Waals surface area contributed by atoms with E-state index in [1.807, 2.05) is 11.0 Å². The third-order valence-electron chi connectivity index (χ3n) is 4.40.